The topological polar surface area (TPSA) is 48.1 Å². The van der Waals surface area contributed by atoms with E-state index in [4.69, 9.17) is 24.4 Å². The summed E-state index contributed by atoms with van der Waals surface area (Å²) >= 11 is 12.1. The Labute approximate surface area is 151 Å². The predicted molar refractivity (Wildman–Crippen MR) is 107 cm³/mol. The molecule has 7 heteroatoms. The summed E-state index contributed by atoms with van der Waals surface area (Å²) < 4.78 is 0. The molecule has 0 fully saturated rings. The molecule has 0 amide bonds. The first-order valence-corrected chi connectivity index (χ1v) is 8.88. The van der Waals surface area contributed by atoms with E-state index >= 15 is 0 Å². The number of thiocarbonyl (C=S) groups is 2. The van der Waals surface area contributed by atoms with Crippen LogP contribution in [0.3, 0.4) is 0 Å². The van der Waals surface area contributed by atoms with Crippen molar-refractivity contribution in [3.05, 3.63) is 60.7 Å². The number of hydrogen-bond acceptors (Lipinski definition) is 3. The predicted octanol–water partition coefficient (Wildman–Crippen LogP) is 3.14. The molecule has 0 aliphatic rings. The lowest BCUT2D eigenvalue weighted by Gasteiger charge is -2.14. The second-order valence-corrected chi connectivity index (χ2v) is 6.47. The van der Waals surface area contributed by atoms with Crippen molar-refractivity contribution in [1.82, 2.24) is 16.2 Å². The van der Waals surface area contributed by atoms with Gasteiger partial charge in [-0.05, 0) is 48.7 Å². The standard InChI is InChI=1S/C16H18N4S3/c21-15(17-11-12-23-14-9-5-2-6-10-14)19-20-16(22)18-13-7-3-1-4-8-13/h1-10H,11-12H2,(H2,17,19,21)(H2,18,20,22). The Morgan fingerprint density at radius 3 is 2.13 bits per heavy atom. The van der Waals surface area contributed by atoms with E-state index in [2.05, 4.69) is 33.6 Å². The first-order valence-electron chi connectivity index (χ1n) is 7.08. The van der Waals surface area contributed by atoms with Crippen molar-refractivity contribution in [3.63, 3.8) is 0 Å². The fourth-order valence-corrected chi connectivity index (χ4v) is 2.80. The monoisotopic (exact) mass is 362 g/mol. The third kappa shape index (κ3) is 7.32. The van der Waals surface area contributed by atoms with E-state index in [1.165, 1.54) is 4.90 Å². The van der Waals surface area contributed by atoms with Gasteiger partial charge in [-0.2, -0.15) is 0 Å². The third-order valence-corrected chi connectivity index (χ3v) is 4.19. The van der Waals surface area contributed by atoms with E-state index in [-0.39, 0.29) is 0 Å². The highest BCUT2D eigenvalue weighted by Crippen LogP contribution is 2.15. The highest BCUT2D eigenvalue weighted by atomic mass is 32.2. The molecule has 0 heterocycles. The summed E-state index contributed by atoms with van der Waals surface area (Å²) in [6.07, 6.45) is 0. The normalized spacial score (nSPS) is 9.74. The molecule has 0 bridgehead atoms. The first-order chi connectivity index (χ1) is 11.2. The van der Waals surface area contributed by atoms with Crippen LogP contribution >= 0.6 is 36.2 Å². The van der Waals surface area contributed by atoms with Gasteiger partial charge in [0.2, 0.25) is 0 Å². The zero-order valence-electron chi connectivity index (χ0n) is 12.4. The molecule has 2 aromatic carbocycles. The number of para-hydroxylation sites is 1. The second kappa shape index (κ2) is 10.0. The van der Waals surface area contributed by atoms with Crippen LogP contribution in [-0.2, 0) is 0 Å². The molecule has 4 nitrogen and oxygen atoms in total. The van der Waals surface area contributed by atoms with Gasteiger partial charge in [-0.25, -0.2) is 0 Å². The van der Waals surface area contributed by atoms with E-state index in [1.807, 2.05) is 48.5 Å². The average Bonchev–Trinajstić information content (AvgIpc) is 2.59. The molecule has 0 saturated carbocycles. The lowest BCUT2D eigenvalue weighted by atomic mass is 10.3. The minimum Gasteiger partial charge on any atom is -0.361 e. The summed E-state index contributed by atoms with van der Waals surface area (Å²) in [5.74, 6) is 0.929. The zero-order chi connectivity index (χ0) is 16.3. The van der Waals surface area contributed by atoms with Crippen molar-refractivity contribution in [1.29, 1.82) is 0 Å². The molecule has 0 aliphatic carbocycles. The van der Waals surface area contributed by atoms with Gasteiger partial charge in [0.25, 0.3) is 0 Å². The molecule has 2 aromatic rings. The van der Waals surface area contributed by atoms with Crippen molar-refractivity contribution >= 4 is 52.1 Å². The first kappa shape index (κ1) is 17.5. The van der Waals surface area contributed by atoms with Gasteiger partial charge in [-0.15, -0.1) is 11.8 Å². The van der Waals surface area contributed by atoms with Gasteiger partial charge >= 0.3 is 0 Å². The number of benzene rings is 2. The van der Waals surface area contributed by atoms with E-state index in [0.717, 1.165) is 18.0 Å². The van der Waals surface area contributed by atoms with Crippen LogP contribution in [0.4, 0.5) is 5.69 Å². The molecule has 0 aliphatic heterocycles. The van der Waals surface area contributed by atoms with Gasteiger partial charge in [0.1, 0.15) is 0 Å². The molecule has 0 spiro atoms. The van der Waals surface area contributed by atoms with Gasteiger partial charge in [0.15, 0.2) is 10.2 Å². The van der Waals surface area contributed by atoms with Crippen molar-refractivity contribution in [2.45, 2.75) is 4.90 Å². The van der Waals surface area contributed by atoms with Crippen molar-refractivity contribution in [2.75, 3.05) is 17.6 Å². The van der Waals surface area contributed by atoms with E-state index in [1.54, 1.807) is 11.8 Å². The Bertz CT molecular complexity index is 620. The molecule has 0 aromatic heterocycles. The minimum atomic E-state index is 0.457. The summed E-state index contributed by atoms with van der Waals surface area (Å²) in [6, 6.07) is 20.0. The van der Waals surface area contributed by atoms with Crippen molar-refractivity contribution in [3.8, 4) is 0 Å². The van der Waals surface area contributed by atoms with E-state index < -0.39 is 0 Å². The smallest absolute Gasteiger partial charge is 0.189 e. The Hall–Kier alpha value is -1.83. The lowest BCUT2D eigenvalue weighted by molar-refractivity contribution is 0.828. The second-order valence-electron chi connectivity index (χ2n) is 4.49. The molecule has 0 unspecified atom stereocenters. The van der Waals surface area contributed by atoms with Gasteiger partial charge in [0, 0.05) is 22.9 Å². The molecule has 0 saturated heterocycles. The summed E-state index contributed by atoms with van der Waals surface area (Å²) in [6.45, 7) is 0.770. The fraction of sp³-hybridized carbons (Fsp3) is 0.125. The van der Waals surface area contributed by atoms with Gasteiger partial charge in [-0.1, -0.05) is 36.4 Å². The molecule has 2 rings (SSSR count). The highest BCUT2D eigenvalue weighted by Gasteiger charge is 1.99. The Balaban J connectivity index is 1.57. The van der Waals surface area contributed by atoms with Crippen LogP contribution < -0.4 is 21.5 Å². The molecule has 120 valence electrons. The summed E-state index contributed by atoms with van der Waals surface area (Å²) in [7, 11) is 0. The van der Waals surface area contributed by atoms with Gasteiger partial charge < -0.3 is 10.6 Å². The van der Waals surface area contributed by atoms with Crippen LogP contribution in [-0.4, -0.2) is 22.5 Å². The molecule has 0 radical (unpaired) electrons. The van der Waals surface area contributed by atoms with Crippen LogP contribution in [0.1, 0.15) is 0 Å². The van der Waals surface area contributed by atoms with Crippen molar-refractivity contribution in [2.24, 2.45) is 0 Å². The summed E-state index contributed by atoms with van der Waals surface area (Å²) in [4.78, 5) is 1.25. The van der Waals surface area contributed by atoms with Crippen LogP contribution in [0.5, 0.6) is 0 Å². The fourth-order valence-electron chi connectivity index (χ4n) is 1.69. The van der Waals surface area contributed by atoms with Gasteiger partial charge in [-0.3, -0.25) is 10.9 Å². The van der Waals surface area contributed by atoms with Gasteiger partial charge in [0.05, 0.1) is 0 Å². The molecular weight excluding hydrogens is 344 g/mol. The largest absolute Gasteiger partial charge is 0.361 e. The SMILES string of the molecule is S=C(NCCSc1ccccc1)NNC(=S)Nc1ccccc1. The summed E-state index contributed by atoms with van der Waals surface area (Å²) in [5.41, 5.74) is 6.63. The van der Waals surface area contributed by atoms with Crippen LogP contribution in [0, 0.1) is 0 Å². The number of hydrogen-bond donors (Lipinski definition) is 4. The number of nitrogens with one attached hydrogen (secondary N) is 4. The Kier molecular flexibility index (Phi) is 7.65. The Morgan fingerprint density at radius 2 is 1.43 bits per heavy atom. The molecule has 23 heavy (non-hydrogen) atoms. The molecule has 0 atom stereocenters. The quantitative estimate of drug-likeness (QED) is 0.282. The maximum absolute atomic E-state index is 5.19. The van der Waals surface area contributed by atoms with E-state index in [9.17, 15) is 0 Å². The molecular formula is C16H18N4S3. The number of thioether (sulfide) groups is 1. The van der Waals surface area contributed by atoms with E-state index in [0.29, 0.717) is 10.2 Å². The van der Waals surface area contributed by atoms with Crippen LogP contribution in [0.15, 0.2) is 65.6 Å². The number of hydrazine groups is 1. The van der Waals surface area contributed by atoms with Crippen molar-refractivity contribution < 1.29 is 0 Å². The van der Waals surface area contributed by atoms with Crippen LogP contribution in [0.2, 0.25) is 0 Å². The average molecular weight is 363 g/mol. The summed E-state index contributed by atoms with van der Waals surface area (Å²) in [5, 5.41) is 7.14. The molecule has 4 N–H and O–H groups in total. The maximum atomic E-state index is 5.19. The maximum Gasteiger partial charge on any atom is 0.189 e. The zero-order valence-corrected chi connectivity index (χ0v) is 14.9. The Morgan fingerprint density at radius 1 is 0.826 bits per heavy atom. The number of rotatable bonds is 5. The lowest BCUT2D eigenvalue weighted by Crippen LogP contribution is -2.48. The minimum absolute atomic E-state index is 0.457. The third-order valence-electron chi connectivity index (χ3n) is 2.72. The van der Waals surface area contributed by atoms with Crippen LogP contribution in [0.25, 0.3) is 0 Å². The highest BCUT2D eigenvalue weighted by molar-refractivity contribution is 7.99. The number of anilines is 1.